The summed E-state index contributed by atoms with van der Waals surface area (Å²) in [6.07, 6.45) is 2.83. The topological polar surface area (TPSA) is 24.9 Å². The third-order valence-corrected chi connectivity index (χ3v) is 3.47. The van der Waals surface area contributed by atoms with E-state index in [1.54, 1.807) is 6.20 Å². The van der Waals surface area contributed by atoms with Crippen molar-refractivity contribution < 1.29 is 0 Å². The summed E-state index contributed by atoms with van der Waals surface area (Å²) in [5, 5.41) is 3.27. The molecule has 2 nitrogen and oxygen atoms in total. The van der Waals surface area contributed by atoms with Crippen LogP contribution in [0.1, 0.15) is 12.5 Å². The van der Waals surface area contributed by atoms with Crippen LogP contribution in [0.2, 0.25) is 0 Å². The summed E-state index contributed by atoms with van der Waals surface area (Å²) < 4.78 is 1.89. The van der Waals surface area contributed by atoms with Crippen LogP contribution in [0, 0.1) is 0 Å². The summed E-state index contributed by atoms with van der Waals surface area (Å²) in [6.45, 7) is 2.15. The molecule has 0 amide bonds. The lowest BCUT2D eigenvalue weighted by Gasteiger charge is -2.08. The minimum atomic E-state index is 0.817. The zero-order valence-electron chi connectivity index (χ0n) is 9.37. The van der Waals surface area contributed by atoms with Gasteiger partial charge in [0.05, 0.1) is 4.47 Å². The molecule has 0 aliphatic carbocycles. The third kappa shape index (κ3) is 3.30. The Balaban J connectivity index is 2.19. The van der Waals surface area contributed by atoms with Crippen LogP contribution in [0.5, 0.6) is 0 Å². The van der Waals surface area contributed by atoms with Crippen LogP contribution in [0.3, 0.4) is 0 Å². The number of nitrogens with one attached hydrogen (secondary N) is 1. The number of halogens is 2. The largest absolute Gasteiger partial charge is 0.339 e. The van der Waals surface area contributed by atoms with Crippen molar-refractivity contribution >= 4 is 43.4 Å². The number of nitrogens with zero attached hydrogens (tertiary/aromatic N) is 1. The summed E-state index contributed by atoms with van der Waals surface area (Å²) in [6, 6.07) is 10.3. The molecule has 2 rings (SSSR count). The molecule has 0 spiro atoms. The number of pyridine rings is 1. The lowest BCUT2D eigenvalue weighted by molar-refractivity contribution is 1.14. The van der Waals surface area contributed by atoms with Crippen molar-refractivity contribution in [3.63, 3.8) is 0 Å². The van der Waals surface area contributed by atoms with E-state index >= 15 is 0 Å². The van der Waals surface area contributed by atoms with Gasteiger partial charge in [-0.15, -0.1) is 0 Å². The van der Waals surface area contributed by atoms with Crippen LogP contribution >= 0.6 is 31.9 Å². The molecule has 0 aliphatic heterocycles. The second-order valence-electron chi connectivity index (χ2n) is 3.66. The summed E-state index contributed by atoms with van der Waals surface area (Å²) in [5.41, 5.74) is 2.37. The van der Waals surface area contributed by atoms with Gasteiger partial charge in [-0.1, -0.05) is 19.1 Å². The molecule has 1 heterocycles. The highest BCUT2D eigenvalue weighted by molar-refractivity contribution is 9.11. The molecule has 0 atom stereocenters. The molecule has 1 aromatic heterocycles. The molecule has 4 heteroatoms. The van der Waals surface area contributed by atoms with Crippen molar-refractivity contribution in [1.82, 2.24) is 4.98 Å². The predicted molar refractivity (Wildman–Crippen MR) is 78.7 cm³/mol. The Labute approximate surface area is 118 Å². The van der Waals surface area contributed by atoms with E-state index in [1.165, 1.54) is 5.56 Å². The molecular formula is C13H12Br2N2. The molecule has 2 aromatic rings. The molecule has 0 bridgehead atoms. The van der Waals surface area contributed by atoms with E-state index in [0.717, 1.165) is 26.9 Å². The van der Waals surface area contributed by atoms with E-state index in [-0.39, 0.29) is 0 Å². The quantitative estimate of drug-likeness (QED) is 0.845. The van der Waals surface area contributed by atoms with Gasteiger partial charge in [-0.25, -0.2) is 4.98 Å². The molecule has 0 aliphatic rings. The van der Waals surface area contributed by atoms with E-state index in [9.17, 15) is 0 Å². The van der Waals surface area contributed by atoms with E-state index in [0.29, 0.717) is 0 Å². The van der Waals surface area contributed by atoms with Crippen molar-refractivity contribution in [3.8, 4) is 0 Å². The standard InChI is InChI=1S/C13H12Br2N2/c1-2-9-3-5-11(6-4-9)17-13-12(15)7-10(14)8-16-13/h3-8H,2H2,1H3,(H,16,17). The number of aromatic nitrogens is 1. The van der Waals surface area contributed by atoms with E-state index in [4.69, 9.17) is 0 Å². The van der Waals surface area contributed by atoms with Crippen molar-refractivity contribution in [2.24, 2.45) is 0 Å². The van der Waals surface area contributed by atoms with Crippen molar-refractivity contribution in [2.75, 3.05) is 5.32 Å². The monoisotopic (exact) mass is 354 g/mol. The van der Waals surface area contributed by atoms with Gasteiger partial charge in [-0.2, -0.15) is 0 Å². The Hall–Kier alpha value is -0.870. The first-order chi connectivity index (χ1) is 8.19. The Kier molecular flexibility index (Phi) is 4.18. The van der Waals surface area contributed by atoms with Crippen LogP contribution in [-0.2, 0) is 6.42 Å². The maximum Gasteiger partial charge on any atom is 0.144 e. The van der Waals surface area contributed by atoms with E-state index in [2.05, 4.69) is 73.3 Å². The third-order valence-electron chi connectivity index (χ3n) is 2.43. The number of aryl methyl sites for hydroxylation is 1. The molecule has 0 saturated heterocycles. The highest BCUT2D eigenvalue weighted by Crippen LogP contribution is 2.26. The SMILES string of the molecule is CCc1ccc(Nc2ncc(Br)cc2Br)cc1. The zero-order valence-corrected chi connectivity index (χ0v) is 12.5. The minimum absolute atomic E-state index is 0.817. The van der Waals surface area contributed by atoms with Crippen molar-refractivity contribution in [1.29, 1.82) is 0 Å². The van der Waals surface area contributed by atoms with Crippen molar-refractivity contribution in [3.05, 3.63) is 51.0 Å². The molecular weight excluding hydrogens is 344 g/mol. The smallest absolute Gasteiger partial charge is 0.144 e. The summed E-state index contributed by atoms with van der Waals surface area (Å²) in [5.74, 6) is 0.817. The number of benzene rings is 1. The highest BCUT2D eigenvalue weighted by Gasteiger charge is 2.02. The lowest BCUT2D eigenvalue weighted by atomic mass is 10.1. The van der Waals surface area contributed by atoms with Gasteiger partial charge in [-0.05, 0) is 62.0 Å². The fourth-order valence-corrected chi connectivity index (χ4v) is 2.55. The average Bonchev–Trinajstić information content (AvgIpc) is 2.34. The van der Waals surface area contributed by atoms with Crippen LogP contribution in [0.4, 0.5) is 11.5 Å². The maximum absolute atomic E-state index is 4.31. The van der Waals surface area contributed by atoms with E-state index in [1.807, 2.05) is 6.07 Å². The summed E-state index contributed by atoms with van der Waals surface area (Å²) in [4.78, 5) is 4.31. The Morgan fingerprint density at radius 1 is 1.18 bits per heavy atom. The number of rotatable bonds is 3. The molecule has 0 saturated carbocycles. The molecule has 17 heavy (non-hydrogen) atoms. The summed E-state index contributed by atoms with van der Waals surface area (Å²) >= 11 is 6.86. The number of hydrogen-bond donors (Lipinski definition) is 1. The zero-order chi connectivity index (χ0) is 12.3. The fraction of sp³-hybridized carbons (Fsp3) is 0.154. The average molecular weight is 356 g/mol. The van der Waals surface area contributed by atoms with E-state index < -0.39 is 0 Å². The molecule has 0 radical (unpaired) electrons. The van der Waals surface area contributed by atoms with Gasteiger partial charge in [0.2, 0.25) is 0 Å². The second kappa shape index (κ2) is 5.65. The number of hydrogen-bond acceptors (Lipinski definition) is 2. The minimum Gasteiger partial charge on any atom is -0.339 e. The van der Waals surface area contributed by atoms with Crippen molar-refractivity contribution in [2.45, 2.75) is 13.3 Å². The van der Waals surface area contributed by atoms with Crippen LogP contribution in [0.15, 0.2) is 45.5 Å². The number of anilines is 2. The van der Waals surface area contributed by atoms with Gasteiger partial charge < -0.3 is 5.32 Å². The van der Waals surface area contributed by atoms with Gasteiger partial charge in [-0.3, -0.25) is 0 Å². The highest BCUT2D eigenvalue weighted by atomic mass is 79.9. The van der Waals surface area contributed by atoms with Gasteiger partial charge >= 0.3 is 0 Å². The van der Waals surface area contributed by atoms with Crippen LogP contribution in [0.25, 0.3) is 0 Å². The molecule has 0 fully saturated rings. The van der Waals surface area contributed by atoms with Crippen LogP contribution in [-0.4, -0.2) is 4.98 Å². The first kappa shape index (κ1) is 12.6. The molecule has 88 valence electrons. The second-order valence-corrected chi connectivity index (χ2v) is 5.43. The molecule has 0 unspecified atom stereocenters. The maximum atomic E-state index is 4.31. The first-order valence-corrected chi connectivity index (χ1v) is 6.94. The lowest BCUT2D eigenvalue weighted by Crippen LogP contribution is -1.94. The summed E-state index contributed by atoms with van der Waals surface area (Å²) in [7, 11) is 0. The van der Waals surface area contributed by atoms with Gasteiger partial charge in [0, 0.05) is 16.4 Å². The normalized spacial score (nSPS) is 10.3. The molecule has 1 N–H and O–H groups in total. The Bertz CT molecular complexity index is 509. The first-order valence-electron chi connectivity index (χ1n) is 5.36. The fourth-order valence-electron chi connectivity index (χ4n) is 1.47. The molecule has 1 aromatic carbocycles. The Morgan fingerprint density at radius 2 is 1.88 bits per heavy atom. The van der Waals surface area contributed by atoms with Gasteiger partial charge in [0.25, 0.3) is 0 Å². The van der Waals surface area contributed by atoms with Crippen LogP contribution < -0.4 is 5.32 Å². The van der Waals surface area contributed by atoms with Gasteiger partial charge in [0.15, 0.2) is 0 Å². The van der Waals surface area contributed by atoms with Gasteiger partial charge in [0.1, 0.15) is 5.82 Å². The predicted octanol–water partition coefficient (Wildman–Crippen LogP) is 4.91. The Morgan fingerprint density at radius 3 is 2.47 bits per heavy atom.